The number of amidine groups is 1. The molecule has 1 saturated carbocycles. The van der Waals surface area contributed by atoms with Crippen molar-refractivity contribution in [3.8, 4) is 0 Å². The minimum atomic E-state index is -4.73. The van der Waals surface area contributed by atoms with Gasteiger partial charge in [-0.25, -0.2) is 32.1 Å². The molecule has 244 valence electrons. The van der Waals surface area contributed by atoms with Crippen molar-refractivity contribution in [2.45, 2.75) is 82.5 Å². The van der Waals surface area contributed by atoms with E-state index in [-0.39, 0.29) is 68.7 Å². The number of amides is 1. The van der Waals surface area contributed by atoms with Gasteiger partial charge in [0.15, 0.2) is 11.5 Å². The molecule has 10 nitrogen and oxygen atoms in total. The standard InChI is InChI=1S/C26H33F7N8O.H2O.2H2/c1-14(2)38-23(36-13-34)15(3)39-22(16-4-6-25(29,30)7-5-16)19-11-41-21(40-19)8-17(10-37-41)18(9-20(27)28)24(42)35-12-26(31,32)33;;;/h8,10-11,13-14,16,18,20,22,39H,3-7,9,12H2,1-2H3,(H,35,42)(H2,34,36,38);1H2;2*1H/t18?,22-;;;/m0.../s1. The number of carbonyl (C=O) groups is 1. The number of nitrogens with zero attached hydrogens (tertiary/aromatic N) is 5. The van der Waals surface area contributed by atoms with Crippen LogP contribution in [0.5, 0.6) is 0 Å². The molecule has 2 aromatic heterocycles. The summed E-state index contributed by atoms with van der Waals surface area (Å²) in [5.74, 6) is -5.78. The maximum Gasteiger partial charge on any atom is 0.405 e. The lowest BCUT2D eigenvalue weighted by atomic mass is 9.81. The molecule has 0 radical (unpaired) electrons. The van der Waals surface area contributed by atoms with Gasteiger partial charge in [0, 0.05) is 28.2 Å². The van der Waals surface area contributed by atoms with Gasteiger partial charge >= 0.3 is 6.18 Å². The first-order chi connectivity index (χ1) is 19.6. The molecule has 0 saturated heterocycles. The molecule has 2 aromatic rings. The number of halogens is 7. The smallest absolute Gasteiger partial charge is 0.405 e. The Kier molecular flexibility index (Phi) is 12.0. The predicted octanol–water partition coefficient (Wildman–Crippen LogP) is 4.58. The van der Waals surface area contributed by atoms with Crippen LogP contribution in [-0.2, 0) is 4.79 Å². The highest BCUT2D eigenvalue weighted by atomic mass is 19.4. The van der Waals surface area contributed by atoms with Crippen molar-refractivity contribution in [2.75, 3.05) is 6.54 Å². The van der Waals surface area contributed by atoms with Crippen LogP contribution >= 0.6 is 0 Å². The number of imidazole rings is 1. The summed E-state index contributed by atoms with van der Waals surface area (Å²) >= 11 is 0. The predicted molar refractivity (Wildman–Crippen MR) is 150 cm³/mol. The maximum atomic E-state index is 14.0. The quantitative estimate of drug-likeness (QED) is 0.189. The SMILES string of the molecule is C=C(N[C@H](c1cn2ncc(C(CC(F)F)C(=O)NCC(F)(F)F)cc2n1)C1CCC(F)(F)CC1)C(N=CN)=NC(C)C.O.[HH].[HH]. The van der Waals surface area contributed by atoms with Crippen molar-refractivity contribution in [1.82, 2.24) is 25.2 Å². The van der Waals surface area contributed by atoms with Crippen LogP contribution in [0, 0.1) is 5.92 Å². The molecule has 1 fully saturated rings. The topological polar surface area (TPSA) is 154 Å². The first-order valence-corrected chi connectivity index (χ1v) is 13.2. The van der Waals surface area contributed by atoms with Crippen molar-refractivity contribution in [3.63, 3.8) is 0 Å². The molecule has 0 spiro atoms. The average molecular weight is 629 g/mol. The molecule has 6 N–H and O–H groups in total. The number of hydrogen-bond donors (Lipinski definition) is 3. The molecule has 2 atom stereocenters. The Morgan fingerprint density at radius 1 is 1.30 bits per heavy atom. The Balaban J connectivity index is 0.00000645. The molecule has 1 unspecified atom stereocenters. The van der Waals surface area contributed by atoms with E-state index in [2.05, 4.69) is 32.0 Å². The van der Waals surface area contributed by atoms with E-state index >= 15 is 0 Å². The van der Waals surface area contributed by atoms with Gasteiger partial charge in [-0.15, -0.1) is 0 Å². The summed E-state index contributed by atoms with van der Waals surface area (Å²) in [6.07, 6.45) is -5.47. The second kappa shape index (κ2) is 14.6. The molecule has 1 aliphatic carbocycles. The van der Waals surface area contributed by atoms with Crippen LogP contribution in [0.2, 0.25) is 0 Å². The lowest BCUT2D eigenvalue weighted by molar-refractivity contribution is -0.139. The monoisotopic (exact) mass is 628 g/mol. The third-order valence-corrected chi connectivity index (χ3v) is 6.68. The first kappa shape index (κ1) is 35.4. The Morgan fingerprint density at radius 2 is 1.95 bits per heavy atom. The molecule has 1 amide bonds. The van der Waals surface area contributed by atoms with E-state index in [0.29, 0.717) is 5.69 Å². The summed E-state index contributed by atoms with van der Waals surface area (Å²) in [5, 5.41) is 8.95. The molecule has 3 rings (SSSR count). The van der Waals surface area contributed by atoms with Gasteiger partial charge in [-0.2, -0.15) is 18.3 Å². The first-order valence-electron chi connectivity index (χ1n) is 13.2. The van der Waals surface area contributed by atoms with Crippen molar-refractivity contribution in [3.05, 3.63) is 42.0 Å². The van der Waals surface area contributed by atoms with E-state index in [1.165, 1.54) is 16.8 Å². The summed E-state index contributed by atoms with van der Waals surface area (Å²) in [7, 11) is 0. The number of hydrogen-bond acceptors (Lipinski definition) is 5. The molecular formula is C26H39F7N8O2. The fraction of sp³-hybridized carbons (Fsp3) is 0.577. The van der Waals surface area contributed by atoms with Crippen molar-refractivity contribution in [1.29, 1.82) is 0 Å². The van der Waals surface area contributed by atoms with Crippen LogP contribution in [0.15, 0.2) is 40.7 Å². The van der Waals surface area contributed by atoms with Crippen LogP contribution in [0.25, 0.3) is 5.65 Å². The van der Waals surface area contributed by atoms with Gasteiger partial charge in [0.2, 0.25) is 18.3 Å². The van der Waals surface area contributed by atoms with Crippen molar-refractivity contribution < 1.29 is 43.9 Å². The van der Waals surface area contributed by atoms with Crippen molar-refractivity contribution >= 4 is 23.7 Å². The second-order valence-electron chi connectivity index (χ2n) is 10.4. The number of fused-ring (bicyclic) bond motifs is 1. The molecular weight excluding hydrogens is 589 g/mol. The summed E-state index contributed by atoms with van der Waals surface area (Å²) in [4.78, 5) is 25.4. The second-order valence-corrected chi connectivity index (χ2v) is 10.4. The minimum absolute atomic E-state index is 0. The Morgan fingerprint density at radius 3 is 2.51 bits per heavy atom. The van der Waals surface area contributed by atoms with E-state index in [0.717, 1.165) is 12.5 Å². The molecule has 17 heteroatoms. The van der Waals surface area contributed by atoms with Gasteiger partial charge in [-0.05, 0) is 44.2 Å². The maximum absolute atomic E-state index is 14.0. The van der Waals surface area contributed by atoms with Crippen LogP contribution in [0.4, 0.5) is 30.7 Å². The Hall–Kier alpha value is -3.76. The highest BCUT2D eigenvalue weighted by Gasteiger charge is 2.39. The van der Waals surface area contributed by atoms with E-state index in [1.807, 2.05) is 13.8 Å². The Labute approximate surface area is 246 Å². The highest BCUT2D eigenvalue weighted by molar-refractivity contribution is 6.01. The zero-order chi connectivity index (χ0) is 31.2. The van der Waals surface area contributed by atoms with Gasteiger partial charge in [-0.1, -0.05) is 6.58 Å². The molecule has 43 heavy (non-hydrogen) atoms. The van der Waals surface area contributed by atoms with Crippen LogP contribution in [-0.4, -0.2) is 69.3 Å². The number of carbonyl (C=O) groups excluding carboxylic acids is 1. The van der Waals surface area contributed by atoms with Gasteiger partial charge in [0.25, 0.3) is 0 Å². The number of nitrogens with one attached hydrogen (secondary N) is 2. The molecule has 0 aliphatic heterocycles. The largest absolute Gasteiger partial charge is 0.412 e. The molecule has 0 aromatic carbocycles. The highest BCUT2D eigenvalue weighted by Crippen LogP contribution is 2.41. The van der Waals surface area contributed by atoms with E-state index < -0.39 is 49.4 Å². The zero-order valence-corrected chi connectivity index (χ0v) is 23.5. The number of alkyl halides is 7. The third-order valence-electron chi connectivity index (χ3n) is 6.68. The summed E-state index contributed by atoms with van der Waals surface area (Å²) in [5.41, 5.74) is 6.12. The molecule has 1 aliphatic rings. The Bertz CT molecular complexity index is 1310. The van der Waals surface area contributed by atoms with Crippen LogP contribution < -0.4 is 16.4 Å². The number of aromatic nitrogens is 3. The van der Waals surface area contributed by atoms with E-state index in [1.54, 1.807) is 5.32 Å². The third kappa shape index (κ3) is 10.2. The van der Waals surface area contributed by atoms with Gasteiger partial charge in [0.05, 0.1) is 42.1 Å². The van der Waals surface area contributed by atoms with Gasteiger partial charge in [0.1, 0.15) is 6.54 Å². The average Bonchev–Trinajstić information content (AvgIpc) is 3.31. The van der Waals surface area contributed by atoms with Crippen LogP contribution in [0.3, 0.4) is 0 Å². The number of aliphatic imine (C=N–C) groups is 2. The summed E-state index contributed by atoms with van der Waals surface area (Å²) in [6.45, 7) is 5.94. The minimum Gasteiger partial charge on any atom is -0.412 e. The number of nitrogens with two attached hydrogens (primary N) is 1. The molecule has 0 bridgehead atoms. The van der Waals surface area contributed by atoms with E-state index in [4.69, 9.17) is 5.73 Å². The lowest BCUT2D eigenvalue weighted by Crippen LogP contribution is -2.37. The molecule has 2 heterocycles. The van der Waals surface area contributed by atoms with Gasteiger partial charge in [-0.3, -0.25) is 9.79 Å². The number of rotatable bonds is 11. The van der Waals surface area contributed by atoms with E-state index in [9.17, 15) is 35.5 Å². The summed E-state index contributed by atoms with van der Waals surface area (Å²) < 4.78 is 93.6. The lowest BCUT2D eigenvalue weighted by Gasteiger charge is -2.34. The van der Waals surface area contributed by atoms with Crippen molar-refractivity contribution in [2.24, 2.45) is 21.6 Å². The zero-order valence-electron chi connectivity index (χ0n) is 23.5. The summed E-state index contributed by atoms with van der Waals surface area (Å²) in [6, 6.07) is 0.444. The van der Waals surface area contributed by atoms with Gasteiger partial charge < -0.3 is 21.8 Å². The fourth-order valence-electron chi connectivity index (χ4n) is 4.72. The van der Waals surface area contributed by atoms with Crippen LogP contribution in [0.1, 0.15) is 72.0 Å². The normalized spacial score (nSPS) is 17.7. The fourth-order valence-corrected chi connectivity index (χ4v) is 4.72.